The Morgan fingerprint density at radius 1 is 1.09 bits per heavy atom. The highest BCUT2D eigenvalue weighted by Crippen LogP contribution is 2.33. The number of ketones is 1. The molecule has 0 saturated heterocycles. The number of hydrogen-bond acceptors (Lipinski definition) is 4. The minimum atomic E-state index is -0.503. The number of hydrogen-bond donors (Lipinski definition) is 1. The number of nitrogens with zero attached hydrogens (tertiary/aromatic N) is 2. The van der Waals surface area contributed by atoms with E-state index in [1.165, 1.54) is 12.1 Å². The Balaban J connectivity index is 2.28. The van der Waals surface area contributed by atoms with E-state index in [1.54, 1.807) is 36.4 Å². The van der Waals surface area contributed by atoms with Crippen LogP contribution in [0, 0.1) is 11.3 Å². The second kappa shape index (κ2) is 7.28. The van der Waals surface area contributed by atoms with Crippen molar-refractivity contribution in [1.29, 1.82) is 5.26 Å². The van der Waals surface area contributed by atoms with E-state index in [4.69, 9.17) is 40.1 Å². The molecule has 0 atom stereocenters. The summed E-state index contributed by atoms with van der Waals surface area (Å²) < 4.78 is 0. The van der Waals surface area contributed by atoms with Crippen LogP contribution in [0.1, 0.15) is 10.4 Å². The molecule has 2 aromatic carbocycles. The molecule has 1 N–H and O–H groups in total. The first-order valence-corrected chi connectivity index (χ1v) is 7.14. The molecule has 0 saturated carbocycles. The molecule has 0 aromatic heterocycles. The smallest absolute Gasteiger partial charge is 0.223 e. The van der Waals surface area contributed by atoms with E-state index >= 15 is 0 Å². The van der Waals surface area contributed by atoms with Gasteiger partial charge < -0.3 is 0 Å². The Labute approximate surface area is 141 Å². The molecule has 0 aliphatic heterocycles. The lowest BCUT2D eigenvalue weighted by molar-refractivity contribution is 0.106. The zero-order valence-corrected chi connectivity index (χ0v) is 13.2. The molecule has 0 heterocycles. The SMILES string of the molecule is N#C/C(=N\Nc1c(Cl)cc(Cl)cc1Cl)C(=O)c1ccccc1. The number of nitriles is 1. The van der Waals surface area contributed by atoms with Gasteiger partial charge in [0, 0.05) is 10.6 Å². The predicted molar refractivity (Wildman–Crippen MR) is 88.9 cm³/mol. The third-order valence-electron chi connectivity index (χ3n) is 2.64. The normalized spacial score (nSPS) is 10.9. The van der Waals surface area contributed by atoms with Gasteiger partial charge in [-0.05, 0) is 12.1 Å². The lowest BCUT2D eigenvalue weighted by Gasteiger charge is -2.07. The van der Waals surface area contributed by atoms with Crippen molar-refractivity contribution in [2.24, 2.45) is 5.10 Å². The topological polar surface area (TPSA) is 65.2 Å². The fraction of sp³-hybridized carbons (Fsp3) is 0. The number of carbonyl (C=O) groups is 1. The number of benzene rings is 2. The summed E-state index contributed by atoms with van der Waals surface area (Å²) >= 11 is 17.8. The molecule has 22 heavy (non-hydrogen) atoms. The Morgan fingerprint density at radius 2 is 1.68 bits per heavy atom. The highest BCUT2D eigenvalue weighted by molar-refractivity contribution is 6.51. The van der Waals surface area contributed by atoms with Crippen LogP contribution in [0.25, 0.3) is 0 Å². The van der Waals surface area contributed by atoms with Gasteiger partial charge in [-0.1, -0.05) is 65.1 Å². The summed E-state index contributed by atoms with van der Waals surface area (Å²) in [5.41, 5.74) is 2.84. The summed E-state index contributed by atoms with van der Waals surface area (Å²) in [6.45, 7) is 0. The van der Waals surface area contributed by atoms with E-state index in [1.807, 2.05) is 0 Å². The molecule has 0 unspecified atom stereocenters. The molecule has 0 aliphatic rings. The molecule has 0 spiro atoms. The van der Waals surface area contributed by atoms with Gasteiger partial charge in [-0.25, -0.2) is 0 Å². The number of carbonyl (C=O) groups excluding carboxylic acids is 1. The number of halogens is 3. The first-order valence-electron chi connectivity index (χ1n) is 6.01. The van der Waals surface area contributed by atoms with Crippen molar-refractivity contribution in [2.45, 2.75) is 0 Å². The van der Waals surface area contributed by atoms with Crippen LogP contribution in [0.2, 0.25) is 15.1 Å². The maximum atomic E-state index is 12.1. The second-order valence-electron chi connectivity index (χ2n) is 4.12. The molecule has 7 heteroatoms. The minimum absolute atomic E-state index is 0.227. The van der Waals surface area contributed by atoms with E-state index in [0.29, 0.717) is 10.6 Å². The Hall–Kier alpha value is -2.06. The second-order valence-corrected chi connectivity index (χ2v) is 5.37. The highest BCUT2D eigenvalue weighted by Gasteiger charge is 2.14. The third kappa shape index (κ3) is 3.77. The summed E-state index contributed by atoms with van der Waals surface area (Å²) in [5.74, 6) is -0.503. The van der Waals surface area contributed by atoms with Crippen LogP contribution in [0.4, 0.5) is 5.69 Å². The van der Waals surface area contributed by atoms with Crippen molar-refractivity contribution in [3.05, 3.63) is 63.1 Å². The molecule has 0 bridgehead atoms. The van der Waals surface area contributed by atoms with Crippen LogP contribution >= 0.6 is 34.8 Å². The van der Waals surface area contributed by atoms with E-state index in [-0.39, 0.29) is 21.4 Å². The van der Waals surface area contributed by atoms with Gasteiger partial charge in [0.1, 0.15) is 6.07 Å². The van der Waals surface area contributed by atoms with Crippen LogP contribution < -0.4 is 5.43 Å². The van der Waals surface area contributed by atoms with Crippen molar-refractivity contribution in [2.75, 3.05) is 5.43 Å². The van der Waals surface area contributed by atoms with Gasteiger partial charge in [0.25, 0.3) is 0 Å². The summed E-state index contributed by atoms with van der Waals surface area (Å²) in [5, 5.41) is 13.7. The van der Waals surface area contributed by atoms with Gasteiger partial charge in [-0.15, -0.1) is 0 Å². The van der Waals surface area contributed by atoms with Crippen LogP contribution in [0.15, 0.2) is 47.6 Å². The lowest BCUT2D eigenvalue weighted by Crippen LogP contribution is -2.14. The third-order valence-corrected chi connectivity index (χ3v) is 3.46. The van der Waals surface area contributed by atoms with Gasteiger partial charge >= 0.3 is 0 Å². The lowest BCUT2D eigenvalue weighted by atomic mass is 10.1. The Morgan fingerprint density at radius 3 is 2.23 bits per heavy atom. The van der Waals surface area contributed by atoms with Gasteiger partial charge in [0.2, 0.25) is 11.5 Å². The van der Waals surface area contributed by atoms with Crippen molar-refractivity contribution < 1.29 is 4.79 Å². The maximum absolute atomic E-state index is 12.1. The minimum Gasteiger partial charge on any atom is -0.286 e. The quantitative estimate of drug-likeness (QED) is 0.487. The van der Waals surface area contributed by atoms with Crippen molar-refractivity contribution in [1.82, 2.24) is 0 Å². The molecule has 4 nitrogen and oxygen atoms in total. The fourth-order valence-electron chi connectivity index (χ4n) is 1.61. The molecule has 0 radical (unpaired) electrons. The molecule has 2 aromatic rings. The van der Waals surface area contributed by atoms with Gasteiger partial charge in [-0.2, -0.15) is 10.4 Å². The Bertz CT molecular complexity index is 759. The molecule has 0 aliphatic carbocycles. The van der Waals surface area contributed by atoms with Crippen LogP contribution in [-0.2, 0) is 0 Å². The number of rotatable bonds is 4. The zero-order valence-electron chi connectivity index (χ0n) is 11.0. The fourth-order valence-corrected chi connectivity index (χ4v) is 2.52. The van der Waals surface area contributed by atoms with Crippen LogP contribution in [0.3, 0.4) is 0 Å². The zero-order chi connectivity index (χ0) is 16.1. The van der Waals surface area contributed by atoms with E-state index in [9.17, 15) is 4.79 Å². The van der Waals surface area contributed by atoms with Crippen LogP contribution in [-0.4, -0.2) is 11.5 Å². The number of nitrogens with one attached hydrogen (secondary N) is 1. The highest BCUT2D eigenvalue weighted by atomic mass is 35.5. The number of Topliss-reactive ketones (excluding diaryl/α,β-unsaturated/α-hetero) is 1. The summed E-state index contributed by atoms with van der Waals surface area (Å²) in [4.78, 5) is 12.1. The first-order chi connectivity index (χ1) is 10.5. The average molecular weight is 353 g/mol. The monoisotopic (exact) mass is 351 g/mol. The summed E-state index contributed by atoms with van der Waals surface area (Å²) in [6, 6.07) is 13.0. The molecule has 0 fully saturated rings. The maximum Gasteiger partial charge on any atom is 0.223 e. The van der Waals surface area contributed by atoms with E-state index in [0.717, 1.165) is 0 Å². The largest absolute Gasteiger partial charge is 0.286 e. The molecular formula is C15H8Cl3N3O. The first kappa shape index (κ1) is 16.3. The van der Waals surface area contributed by atoms with Gasteiger partial charge in [-0.3, -0.25) is 10.2 Å². The average Bonchev–Trinajstić information content (AvgIpc) is 2.50. The summed E-state index contributed by atoms with van der Waals surface area (Å²) in [7, 11) is 0. The molecule has 110 valence electrons. The predicted octanol–water partition coefficient (Wildman–Crippen LogP) is 4.82. The van der Waals surface area contributed by atoms with Gasteiger partial charge in [0.05, 0.1) is 15.7 Å². The van der Waals surface area contributed by atoms with Crippen molar-refractivity contribution in [3.8, 4) is 6.07 Å². The standard InChI is InChI=1S/C15H8Cl3N3O/c16-10-6-11(17)14(12(18)7-10)21-20-13(8-19)15(22)9-4-2-1-3-5-9/h1-7,21H/b20-13+. The molecule has 0 amide bonds. The van der Waals surface area contributed by atoms with Gasteiger partial charge in [0.15, 0.2) is 0 Å². The van der Waals surface area contributed by atoms with E-state index < -0.39 is 5.78 Å². The number of hydrazone groups is 1. The van der Waals surface area contributed by atoms with E-state index in [2.05, 4.69) is 10.5 Å². The Kier molecular flexibility index (Phi) is 5.40. The van der Waals surface area contributed by atoms with Crippen molar-refractivity contribution in [3.63, 3.8) is 0 Å². The summed E-state index contributed by atoms with van der Waals surface area (Å²) in [6.07, 6.45) is 0. The van der Waals surface area contributed by atoms with Crippen molar-refractivity contribution >= 4 is 52.0 Å². The van der Waals surface area contributed by atoms with Crippen LogP contribution in [0.5, 0.6) is 0 Å². The number of anilines is 1. The molecule has 2 rings (SSSR count). The molecular weight excluding hydrogens is 345 g/mol.